The summed E-state index contributed by atoms with van der Waals surface area (Å²) < 4.78 is 20.3. The van der Waals surface area contributed by atoms with Crippen molar-refractivity contribution in [3.63, 3.8) is 0 Å². The Bertz CT molecular complexity index is 592. The average Bonchev–Trinajstić information content (AvgIpc) is 2.46. The molecule has 0 saturated carbocycles. The third kappa shape index (κ3) is 2.99. The van der Waals surface area contributed by atoms with Crippen LogP contribution >= 0.6 is 15.9 Å². The molecule has 0 aliphatic carbocycles. The van der Waals surface area contributed by atoms with Crippen LogP contribution in [-0.2, 0) is 0 Å². The van der Waals surface area contributed by atoms with Gasteiger partial charge in [0.15, 0.2) is 11.6 Å². The SMILES string of the molecule is CCNC(c1cccc(OC)c1F)c1ncccc1Br. The van der Waals surface area contributed by atoms with E-state index in [2.05, 4.69) is 26.2 Å². The maximum absolute atomic E-state index is 14.5. The number of pyridine rings is 1. The third-order valence-corrected chi connectivity index (χ3v) is 3.66. The van der Waals surface area contributed by atoms with Crippen molar-refractivity contribution in [3.8, 4) is 5.75 Å². The van der Waals surface area contributed by atoms with Crippen molar-refractivity contribution < 1.29 is 9.13 Å². The molecule has 20 heavy (non-hydrogen) atoms. The monoisotopic (exact) mass is 338 g/mol. The molecule has 2 rings (SSSR count). The number of aromatic nitrogens is 1. The van der Waals surface area contributed by atoms with E-state index in [4.69, 9.17) is 4.74 Å². The second-order valence-corrected chi connectivity index (χ2v) is 5.08. The zero-order valence-corrected chi connectivity index (χ0v) is 12.9. The molecule has 1 aromatic carbocycles. The summed E-state index contributed by atoms with van der Waals surface area (Å²) in [6, 6.07) is 8.52. The lowest BCUT2D eigenvalue weighted by Crippen LogP contribution is -2.24. The van der Waals surface area contributed by atoms with Crippen molar-refractivity contribution in [2.24, 2.45) is 0 Å². The number of methoxy groups -OCH3 is 1. The van der Waals surface area contributed by atoms with Gasteiger partial charge < -0.3 is 10.1 Å². The van der Waals surface area contributed by atoms with Gasteiger partial charge in [-0.25, -0.2) is 4.39 Å². The molecule has 0 radical (unpaired) electrons. The highest BCUT2D eigenvalue weighted by Crippen LogP contribution is 2.31. The zero-order valence-electron chi connectivity index (χ0n) is 11.4. The number of rotatable bonds is 5. The summed E-state index contributed by atoms with van der Waals surface area (Å²) in [7, 11) is 1.46. The van der Waals surface area contributed by atoms with Crippen LogP contribution in [0.2, 0.25) is 0 Å². The van der Waals surface area contributed by atoms with Crippen molar-refractivity contribution >= 4 is 15.9 Å². The van der Waals surface area contributed by atoms with E-state index in [1.165, 1.54) is 7.11 Å². The van der Waals surface area contributed by atoms with Gasteiger partial charge in [0.1, 0.15) is 0 Å². The molecule has 1 atom stereocenters. The molecule has 0 spiro atoms. The molecular weight excluding hydrogens is 323 g/mol. The highest BCUT2D eigenvalue weighted by molar-refractivity contribution is 9.10. The smallest absolute Gasteiger partial charge is 0.170 e. The molecule has 0 aliphatic rings. The molecule has 0 amide bonds. The topological polar surface area (TPSA) is 34.1 Å². The molecule has 106 valence electrons. The first kappa shape index (κ1) is 14.9. The molecule has 5 heteroatoms. The number of hydrogen-bond acceptors (Lipinski definition) is 3. The summed E-state index contributed by atoms with van der Waals surface area (Å²) >= 11 is 3.47. The number of hydrogen-bond donors (Lipinski definition) is 1. The van der Waals surface area contributed by atoms with Gasteiger partial charge in [-0.2, -0.15) is 0 Å². The van der Waals surface area contributed by atoms with Gasteiger partial charge in [0.2, 0.25) is 0 Å². The maximum Gasteiger partial charge on any atom is 0.170 e. The van der Waals surface area contributed by atoms with E-state index >= 15 is 0 Å². The lowest BCUT2D eigenvalue weighted by molar-refractivity contribution is 0.381. The van der Waals surface area contributed by atoms with Gasteiger partial charge in [-0.1, -0.05) is 19.1 Å². The molecule has 3 nitrogen and oxygen atoms in total. The van der Waals surface area contributed by atoms with Crippen LogP contribution in [0.25, 0.3) is 0 Å². The second kappa shape index (κ2) is 6.81. The lowest BCUT2D eigenvalue weighted by atomic mass is 10.0. The number of halogens is 2. The highest BCUT2D eigenvalue weighted by atomic mass is 79.9. The number of nitrogens with one attached hydrogen (secondary N) is 1. The third-order valence-electron chi connectivity index (χ3n) is 2.99. The number of benzene rings is 1. The minimum Gasteiger partial charge on any atom is -0.494 e. The molecule has 0 saturated heterocycles. The Morgan fingerprint density at radius 3 is 2.80 bits per heavy atom. The summed E-state index contributed by atoms with van der Waals surface area (Å²) in [4.78, 5) is 4.35. The molecular formula is C15H16BrFN2O. The van der Waals surface area contributed by atoms with Gasteiger partial charge in [0.05, 0.1) is 18.8 Å². The van der Waals surface area contributed by atoms with Crippen molar-refractivity contribution in [1.82, 2.24) is 10.3 Å². The first-order valence-corrected chi connectivity index (χ1v) is 7.14. The van der Waals surface area contributed by atoms with Crippen molar-refractivity contribution in [1.29, 1.82) is 0 Å². The molecule has 1 aromatic heterocycles. The Kier molecular flexibility index (Phi) is 5.09. The van der Waals surface area contributed by atoms with Gasteiger partial charge in [0.25, 0.3) is 0 Å². The zero-order chi connectivity index (χ0) is 14.5. The first-order valence-electron chi connectivity index (χ1n) is 6.35. The van der Waals surface area contributed by atoms with Crippen LogP contribution in [0.5, 0.6) is 5.75 Å². The molecule has 0 aliphatic heterocycles. The normalized spacial score (nSPS) is 12.2. The number of ether oxygens (including phenoxy) is 1. The van der Waals surface area contributed by atoms with E-state index in [-0.39, 0.29) is 17.6 Å². The minimum atomic E-state index is -0.362. The molecule has 1 unspecified atom stereocenters. The van der Waals surface area contributed by atoms with E-state index in [0.29, 0.717) is 12.1 Å². The van der Waals surface area contributed by atoms with Gasteiger partial charge in [0, 0.05) is 16.2 Å². The highest BCUT2D eigenvalue weighted by Gasteiger charge is 2.22. The Labute approximate surface area is 126 Å². The maximum atomic E-state index is 14.5. The first-order chi connectivity index (χ1) is 9.69. The fourth-order valence-electron chi connectivity index (χ4n) is 2.08. The number of nitrogens with zero attached hydrogens (tertiary/aromatic N) is 1. The van der Waals surface area contributed by atoms with E-state index in [0.717, 1.165) is 10.2 Å². The van der Waals surface area contributed by atoms with Crippen LogP contribution in [0.15, 0.2) is 41.0 Å². The molecule has 2 aromatic rings. The van der Waals surface area contributed by atoms with E-state index in [1.807, 2.05) is 19.1 Å². The fraction of sp³-hybridized carbons (Fsp3) is 0.267. The summed E-state index contributed by atoms with van der Waals surface area (Å²) in [6.07, 6.45) is 1.70. The van der Waals surface area contributed by atoms with Crippen LogP contribution < -0.4 is 10.1 Å². The predicted octanol–water partition coefficient (Wildman–Crippen LogP) is 3.69. The fourth-order valence-corrected chi connectivity index (χ4v) is 2.56. The van der Waals surface area contributed by atoms with Gasteiger partial charge in [-0.15, -0.1) is 0 Å². The van der Waals surface area contributed by atoms with Crippen LogP contribution in [0.1, 0.15) is 24.2 Å². The van der Waals surface area contributed by atoms with Crippen LogP contribution in [0, 0.1) is 5.82 Å². The van der Waals surface area contributed by atoms with E-state index in [9.17, 15) is 4.39 Å². The van der Waals surface area contributed by atoms with E-state index < -0.39 is 0 Å². The molecule has 1 heterocycles. The van der Waals surface area contributed by atoms with Crippen molar-refractivity contribution in [2.45, 2.75) is 13.0 Å². The average molecular weight is 339 g/mol. The Balaban J connectivity index is 2.52. The summed E-state index contributed by atoms with van der Waals surface area (Å²) in [5.74, 6) is -0.129. The quantitative estimate of drug-likeness (QED) is 0.902. The second-order valence-electron chi connectivity index (χ2n) is 4.22. The summed E-state index contributed by atoms with van der Waals surface area (Å²) in [6.45, 7) is 2.67. The Hall–Kier alpha value is -1.46. The Morgan fingerprint density at radius 2 is 2.15 bits per heavy atom. The molecule has 0 fully saturated rings. The van der Waals surface area contributed by atoms with Gasteiger partial charge in [-0.3, -0.25) is 4.98 Å². The Morgan fingerprint density at radius 1 is 1.35 bits per heavy atom. The van der Waals surface area contributed by atoms with Gasteiger partial charge >= 0.3 is 0 Å². The largest absolute Gasteiger partial charge is 0.494 e. The van der Waals surface area contributed by atoms with Crippen molar-refractivity contribution in [3.05, 3.63) is 58.1 Å². The van der Waals surface area contributed by atoms with Crippen LogP contribution in [0.3, 0.4) is 0 Å². The standard InChI is InChI=1S/C15H16BrFN2O/c1-3-18-14(15-11(16)7-5-9-19-15)10-6-4-8-12(20-2)13(10)17/h4-9,14,18H,3H2,1-2H3. The molecule has 1 N–H and O–H groups in total. The minimum absolute atomic E-state index is 0.234. The summed E-state index contributed by atoms with van der Waals surface area (Å²) in [5, 5.41) is 3.26. The molecule has 0 bridgehead atoms. The van der Waals surface area contributed by atoms with Crippen LogP contribution in [-0.4, -0.2) is 18.6 Å². The van der Waals surface area contributed by atoms with Crippen LogP contribution in [0.4, 0.5) is 4.39 Å². The summed E-state index contributed by atoms with van der Waals surface area (Å²) in [5.41, 5.74) is 1.27. The van der Waals surface area contributed by atoms with Gasteiger partial charge in [-0.05, 0) is 40.7 Å². The van der Waals surface area contributed by atoms with E-state index in [1.54, 1.807) is 24.4 Å². The predicted molar refractivity (Wildman–Crippen MR) is 80.4 cm³/mol. The van der Waals surface area contributed by atoms with Crippen molar-refractivity contribution in [2.75, 3.05) is 13.7 Å². The lowest BCUT2D eigenvalue weighted by Gasteiger charge is -2.20.